The number of carbonyl (C=O) groups is 1. The number of amides is 1. The van der Waals surface area contributed by atoms with Crippen LogP contribution in [-0.2, 0) is 11.8 Å². The zero-order valence-electron chi connectivity index (χ0n) is 13.7. The van der Waals surface area contributed by atoms with Gasteiger partial charge in [-0.25, -0.2) is 4.68 Å². The summed E-state index contributed by atoms with van der Waals surface area (Å²) in [6.45, 7) is 2.17. The molecule has 0 spiro atoms. The van der Waals surface area contributed by atoms with Gasteiger partial charge in [0.15, 0.2) is 5.16 Å². The largest absolute Gasteiger partial charge is 0.353 e. The van der Waals surface area contributed by atoms with Crippen LogP contribution in [0.4, 0.5) is 0 Å². The number of aryl methyl sites for hydroxylation is 1. The van der Waals surface area contributed by atoms with Crippen LogP contribution in [0.5, 0.6) is 0 Å². The summed E-state index contributed by atoms with van der Waals surface area (Å²) in [4.78, 5) is 24.2. The van der Waals surface area contributed by atoms with E-state index in [2.05, 4.69) is 20.6 Å². The molecular formula is C15H20N6O2S. The lowest BCUT2D eigenvalue weighted by molar-refractivity contribution is -0.124. The number of nitrogens with one attached hydrogen (secondary N) is 1. The van der Waals surface area contributed by atoms with Crippen molar-refractivity contribution in [2.75, 3.05) is 12.3 Å². The Hall–Kier alpha value is -2.16. The van der Waals surface area contributed by atoms with Gasteiger partial charge < -0.3 is 9.88 Å². The highest BCUT2D eigenvalue weighted by molar-refractivity contribution is 7.99. The van der Waals surface area contributed by atoms with E-state index >= 15 is 0 Å². The first-order chi connectivity index (χ1) is 11.6. The molecule has 1 atom stereocenters. The van der Waals surface area contributed by atoms with Gasteiger partial charge in [0.05, 0.1) is 5.69 Å². The van der Waals surface area contributed by atoms with Crippen LogP contribution < -0.4 is 10.9 Å². The molecule has 1 unspecified atom stereocenters. The third kappa shape index (κ3) is 3.84. The zero-order valence-corrected chi connectivity index (χ0v) is 14.5. The van der Waals surface area contributed by atoms with Crippen molar-refractivity contribution in [3.05, 3.63) is 34.5 Å². The molecule has 1 fully saturated rings. The molecular weight excluding hydrogens is 328 g/mol. The Balaban J connectivity index is 1.54. The molecule has 3 rings (SSSR count). The van der Waals surface area contributed by atoms with Gasteiger partial charge in [0.2, 0.25) is 5.91 Å². The topological polar surface area (TPSA) is 94.7 Å². The van der Waals surface area contributed by atoms with Crippen LogP contribution in [0.1, 0.15) is 37.4 Å². The molecule has 1 N–H and O–H groups in total. The number of hydrogen-bond donors (Lipinski definition) is 1. The highest BCUT2D eigenvalue weighted by atomic mass is 32.2. The highest BCUT2D eigenvalue weighted by Gasteiger charge is 2.27. The zero-order chi connectivity index (χ0) is 17.1. The van der Waals surface area contributed by atoms with Gasteiger partial charge in [0, 0.05) is 31.3 Å². The Morgan fingerprint density at radius 2 is 2.25 bits per heavy atom. The van der Waals surface area contributed by atoms with Crippen LogP contribution in [-0.4, -0.2) is 42.7 Å². The monoisotopic (exact) mass is 348 g/mol. The first-order valence-corrected chi connectivity index (χ1v) is 8.89. The van der Waals surface area contributed by atoms with Crippen LogP contribution >= 0.6 is 11.8 Å². The Morgan fingerprint density at radius 1 is 1.46 bits per heavy atom. The number of thioether (sulfide) groups is 1. The van der Waals surface area contributed by atoms with E-state index in [1.165, 1.54) is 22.5 Å². The summed E-state index contributed by atoms with van der Waals surface area (Å²) in [7, 11) is 1.87. The predicted octanol–water partition coefficient (Wildman–Crippen LogP) is 0.719. The molecule has 1 aliphatic carbocycles. The first-order valence-electron chi connectivity index (χ1n) is 7.90. The average Bonchev–Trinajstić information content (AvgIpc) is 3.34. The number of nitrogens with zero attached hydrogens (tertiary/aromatic N) is 5. The van der Waals surface area contributed by atoms with Crippen LogP contribution in [0.3, 0.4) is 0 Å². The van der Waals surface area contributed by atoms with Crippen LogP contribution in [0.2, 0.25) is 0 Å². The standard InChI is InChI=1S/C15H20N6O2S/c1-10(21-13(22)6-5-12(19-21)11-3-4-11)14(23)16-7-8-24-15-18-17-9-20(15)2/h5-6,9-11H,3-4,7-8H2,1-2H3,(H,16,23). The van der Waals surface area contributed by atoms with E-state index in [4.69, 9.17) is 0 Å². The predicted molar refractivity (Wildman–Crippen MR) is 89.9 cm³/mol. The molecule has 128 valence electrons. The molecule has 1 aliphatic rings. The van der Waals surface area contributed by atoms with Crippen molar-refractivity contribution in [2.45, 2.75) is 36.9 Å². The van der Waals surface area contributed by atoms with Crippen molar-refractivity contribution in [2.24, 2.45) is 7.05 Å². The van der Waals surface area contributed by atoms with Gasteiger partial charge in [0.1, 0.15) is 12.4 Å². The average molecular weight is 348 g/mol. The maximum absolute atomic E-state index is 12.3. The quantitative estimate of drug-likeness (QED) is 0.585. The fourth-order valence-electron chi connectivity index (χ4n) is 2.29. The van der Waals surface area contributed by atoms with Gasteiger partial charge >= 0.3 is 0 Å². The third-order valence-corrected chi connectivity index (χ3v) is 4.93. The summed E-state index contributed by atoms with van der Waals surface area (Å²) in [6, 6.07) is 2.63. The SMILES string of the molecule is CC(C(=O)NCCSc1nncn1C)n1nc(C2CC2)ccc1=O. The second-order valence-electron chi connectivity index (χ2n) is 5.86. The molecule has 24 heavy (non-hydrogen) atoms. The first kappa shape index (κ1) is 16.7. The summed E-state index contributed by atoms with van der Waals surface area (Å²) in [5.74, 6) is 0.904. The second-order valence-corrected chi connectivity index (χ2v) is 6.92. The van der Waals surface area contributed by atoms with E-state index in [0.717, 1.165) is 23.7 Å². The normalized spacial score (nSPS) is 15.2. The summed E-state index contributed by atoms with van der Waals surface area (Å²) in [6.07, 6.45) is 3.84. The number of hydrogen-bond acceptors (Lipinski definition) is 6. The molecule has 9 heteroatoms. The Bertz CT molecular complexity index is 782. The van der Waals surface area contributed by atoms with Gasteiger partial charge in [-0.15, -0.1) is 10.2 Å². The molecule has 2 aromatic heterocycles. The van der Waals surface area contributed by atoms with Crippen molar-refractivity contribution < 1.29 is 4.79 Å². The van der Waals surface area contributed by atoms with Crippen molar-refractivity contribution in [3.8, 4) is 0 Å². The van der Waals surface area contributed by atoms with E-state index in [1.54, 1.807) is 19.3 Å². The van der Waals surface area contributed by atoms with Gasteiger partial charge in [-0.1, -0.05) is 11.8 Å². The van der Waals surface area contributed by atoms with Crippen molar-refractivity contribution >= 4 is 17.7 Å². The van der Waals surface area contributed by atoms with Gasteiger partial charge in [-0.2, -0.15) is 5.10 Å². The summed E-state index contributed by atoms with van der Waals surface area (Å²) in [5, 5.41) is 15.8. The molecule has 0 aromatic carbocycles. The minimum Gasteiger partial charge on any atom is -0.353 e. The van der Waals surface area contributed by atoms with Crippen molar-refractivity contribution in [3.63, 3.8) is 0 Å². The Labute approximate surface area is 143 Å². The maximum atomic E-state index is 12.3. The maximum Gasteiger partial charge on any atom is 0.267 e. The number of carbonyl (C=O) groups excluding carboxylic acids is 1. The van der Waals surface area contributed by atoms with Gasteiger partial charge in [-0.3, -0.25) is 9.59 Å². The van der Waals surface area contributed by atoms with Crippen molar-refractivity contribution in [1.29, 1.82) is 0 Å². The summed E-state index contributed by atoms with van der Waals surface area (Å²) < 4.78 is 3.10. The third-order valence-electron chi connectivity index (χ3n) is 3.89. The molecule has 1 saturated carbocycles. The minimum atomic E-state index is -0.629. The van der Waals surface area contributed by atoms with Gasteiger partial charge in [0.25, 0.3) is 5.56 Å². The van der Waals surface area contributed by atoms with E-state index in [-0.39, 0.29) is 11.5 Å². The van der Waals surface area contributed by atoms with Gasteiger partial charge in [-0.05, 0) is 25.8 Å². The fourth-order valence-corrected chi connectivity index (χ4v) is 3.04. The molecule has 1 amide bonds. The molecule has 0 saturated heterocycles. The molecule has 2 heterocycles. The highest BCUT2D eigenvalue weighted by Crippen LogP contribution is 2.38. The Morgan fingerprint density at radius 3 is 2.92 bits per heavy atom. The van der Waals surface area contributed by atoms with E-state index < -0.39 is 6.04 Å². The fraction of sp³-hybridized carbons (Fsp3) is 0.533. The van der Waals surface area contributed by atoms with Crippen LogP contribution in [0.15, 0.2) is 28.4 Å². The van der Waals surface area contributed by atoms with E-state index in [9.17, 15) is 9.59 Å². The minimum absolute atomic E-state index is 0.212. The summed E-state index contributed by atoms with van der Waals surface area (Å²) >= 11 is 1.51. The molecule has 0 bridgehead atoms. The van der Waals surface area contributed by atoms with Crippen LogP contribution in [0, 0.1) is 0 Å². The number of rotatable bonds is 7. The summed E-state index contributed by atoms with van der Waals surface area (Å²) in [5.41, 5.74) is 0.641. The lowest BCUT2D eigenvalue weighted by Gasteiger charge is -2.14. The molecule has 0 radical (unpaired) electrons. The van der Waals surface area contributed by atoms with E-state index in [0.29, 0.717) is 18.2 Å². The smallest absolute Gasteiger partial charge is 0.267 e. The molecule has 8 nitrogen and oxygen atoms in total. The lowest BCUT2D eigenvalue weighted by Crippen LogP contribution is -2.38. The Kier molecular flexibility index (Phi) is 4.98. The molecule has 2 aromatic rings. The second kappa shape index (κ2) is 7.16. The lowest BCUT2D eigenvalue weighted by atomic mass is 10.2. The van der Waals surface area contributed by atoms with E-state index in [1.807, 2.05) is 11.6 Å². The molecule has 0 aliphatic heterocycles. The number of aromatic nitrogens is 5. The van der Waals surface area contributed by atoms with Crippen LogP contribution in [0.25, 0.3) is 0 Å². The van der Waals surface area contributed by atoms with Crippen molar-refractivity contribution in [1.82, 2.24) is 29.9 Å².